The van der Waals surface area contributed by atoms with Gasteiger partial charge in [-0.2, -0.15) is 0 Å². The highest BCUT2D eigenvalue weighted by molar-refractivity contribution is 6.30. The van der Waals surface area contributed by atoms with Crippen LogP contribution >= 0.6 is 0 Å². The number of hydrogen-bond acceptors (Lipinski definition) is 15. The van der Waals surface area contributed by atoms with Gasteiger partial charge in [-0.15, -0.1) is 0 Å². The molecule has 0 spiro atoms. The summed E-state index contributed by atoms with van der Waals surface area (Å²) in [5.74, 6) is -4.57. The summed E-state index contributed by atoms with van der Waals surface area (Å²) in [6.07, 6.45) is -6.46. The lowest BCUT2D eigenvalue weighted by atomic mass is 9.67. The first-order valence-electron chi connectivity index (χ1n) is 20.0. The molecule has 0 saturated carbocycles. The Balaban J connectivity index is 1.13. The Morgan fingerprint density at radius 1 is 0.897 bits per heavy atom. The molecule has 0 radical (unpaired) electrons. The number of phenolic OH excluding ortho intramolecular Hbond substituents is 2. The van der Waals surface area contributed by atoms with Crippen LogP contribution in [0, 0.1) is 0 Å². The fourth-order valence-electron chi connectivity index (χ4n) is 9.36. The van der Waals surface area contributed by atoms with Crippen LogP contribution in [0.15, 0.2) is 24.3 Å². The van der Waals surface area contributed by atoms with E-state index in [4.69, 9.17) is 33.2 Å². The minimum absolute atomic E-state index is 0.00770. The smallest absolute Gasteiger partial charge is 0.316 e. The second-order valence-corrected chi connectivity index (χ2v) is 16.4. The van der Waals surface area contributed by atoms with Gasteiger partial charge in [0.25, 0.3) is 0 Å². The van der Waals surface area contributed by atoms with Gasteiger partial charge in [0.2, 0.25) is 5.78 Å². The number of esters is 1. The number of nitrogens with one attached hydrogen (secondary N) is 1. The number of carbonyl (C=O) groups is 4. The van der Waals surface area contributed by atoms with Crippen LogP contribution in [0.2, 0.25) is 0 Å². The lowest BCUT2D eigenvalue weighted by Crippen LogP contribution is -3.12. The summed E-state index contributed by atoms with van der Waals surface area (Å²) in [4.78, 5) is 54.1. The standard InChI is InChI=1S/C42H53NO15/c1-8-42(51)17-28(33-22(35(42)41(50)52-7)14-23-34(38(33)49)37(48)32-21(36(23)47)10-9-11-26(32)45)56-30-15-24(43(5)6)39(19(3)54-30)58-31-16-27(46)40(20(4)55-31)57-29-13-12-25(44)18(2)53-29/h9-11,14,18-20,24,27-31,35,39-40,45-46,49,51H,8,12-13,15-17H2,1-7H3/p+1/t18-,19-,20-,24+,27-,28+,29+,30+,31+,35?,39+,40+,42-/m1/s1. The van der Waals surface area contributed by atoms with Gasteiger partial charge >= 0.3 is 5.97 Å². The van der Waals surface area contributed by atoms with Crippen LogP contribution in [0.5, 0.6) is 11.5 Å². The third-order valence-electron chi connectivity index (χ3n) is 12.5. The minimum atomic E-state index is -1.75. The number of hydrogen-bond donors (Lipinski definition) is 5. The van der Waals surface area contributed by atoms with Gasteiger partial charge in [0.15, 0.2) is 30.4 Å². The molecule has 2 aliphatic carbocycles. The van der Waals surface area contributed by atoms with E-state index >= 15 is 0 Å². The number of likely N-dealkylation sites (N-methyl/N-ethyl adjacent to an activating group) is 1. The summed E-state index contributed by atoms with van der Waals surface area (Å²) >= 11 is 0. The number of ether oxygens (including phenoxy) is 7. The Labute approximate surface area is 336 Å². The number of quaternary nitrogens is 1. The zero-order valence-corrected chi connectivity index (χ0v) is 33.8. The molecule has 1 unspecified atom stereocenters. The fraction of sp³-hybridized carbons (Fsp3) is 0.619. The van der Waals surface area contributed by atoms with Crippen LogP contribution in [0.3, 0.4) is 0 Å². The summed E-state index contributed by atoms with van der Waals surface area (Å²) in [7, 11) is 5.08. The van der Waals surface area contributed by atoms with E-state index in [2.05, 4.69) is 0 Å². The van der Waals surface area contributed by atoms with E-state index in [1.54, 1.807) is 20.8 Å². The molecule has 2 aromatic carbocycles. The number of methoxy groups -OCH3 is 1. The number of phenols is 2. The van der Waals surface area contributed by atoms with Crippen molar-refractivity contribution in [1.82, 2.24) is 0 Å². The Morgan fingerprint density at radius 3 is 2.21 bits per heavy atom. The number of ketones is 3. The lowest BCUT2D eigenvalue weighted by Gasteiger charge is -2.47. The van der Waals surface area contributed by atoms with Crippen molar-refractivity contribution in [3.8, 4) is 11.5 Å². The summed E-state index contributed by atoms with van der Waals surface area (Å²) in [6.45, 7) is 6.98. The van der Waals surface area contributed by atoms with E-state index < -0.39 is 102 Å². The molecule has 0 bridgehead atoms. The fourth-order valence-corrected chi connectivity index (χ4v) is 9.36. The topological polar surface area (TPSA) is 218 Å². The molecule has 0 aromatic heterocycles. The van der Waals surface area contributed by atoms with E-state index in [9.17, 15) is 39.6 Å². The van der Waals surface area contributed by atoms with Crippen LogP contribution in [-0.4, -0.2) is 132 Å². The molecule has 3 heterocycles. The quantitative estimate of drug-likeness (QED) is 0.195. The molecule has 13 atom stereocenters. The van der Waals surface area contributed by atoms with Gasteiger partial charge < -0.3 is 58.5 Å². The van der Waals surface area contributed by atoms with E-state index in [1.165, 1.54) is 31.4 Å². The molecule has 16 heteroatoms. The SMILES string of the molecule is CC[C@@]1(O)C[C@H](O[C@H]2C[C@H]([NH+](C)C)[C@@H](O[C@H]3C[C@@H](O)[C@@H](O[C@H]4CCC(=O)[C@@H](C)O4)[C@@H](C)O3)[C@@H](C)O2)c2c(cc3c(c2O)C(=O)c2c(O)cccc2C3=O)C1C(=O)OC. The van der Waals surface area contributed by atoms with Crippen molar-refractivity contribution in [2.45, 2.75) is 145 Å². The maximum Gasteiger partial charge on any atom is 0.316 e. The maximum atomic E-state index is 13.9. The van der Waals surface area contributed by atoms with E-state index in [1.807, 2.05) is 21.0 Å². The molecule has 16 nitrogen and oxygen atoms in total. The van der Waals surface area contributed by atoms with Crippen LogP contribution in [0.25, 0.3) is 0 Å². The molecule has 3 fully saturated rings. The average Bonchev–Trinajstić information content (AvgIpc) is 3.17. The van der Waals surface area contributed by atoms with Gasteiger partial charge in [-0.1, -0.05) is 19.1 Å². The van der Waals surface area contributed by atoms with E-state index in [0.29, 0.717) is 12.8 Å². The van der Waals surface area contributed by atoms with Gasteiger partial charge in [0.1, 0.15) is 41.8 Å². The molecule has 0 amide bonds. The Hall–Kier alpha value is -3.84. The number of carbonyl (C=O) groups excluding carboxylic acids is 4. The van der Waals surface area contributed by atoms with Crippen molar-refractivity contribution in [2.75, 3.05) is 21.2 Å². The second-order valence-electron chi connectivity index (χ2n) is 16.4. The summed E-state index contributed by atoms with van der Waals surface area (Å²) in [6, 6.07) is 5.20. The third kappa shape index (κ3) is 7.47. The highest BCUT2D eigenvalue weighted by Crippen LogP contribution is 2.54. The Kier molecular flexibility index (Phi) is 11.9. The first-order valence-corrected chi connectivity index (χ1v) is 20.0. The van der Waals surface area contributed by atoms with E-state index in [-0.39, 0.29) is 70.9 Å². The molecular weight excluding hydrogens is 758 g/mol. The lowest BCUT2D eigenvalue weighted by molar-refractivity contribution is -0.894. The monoisotopic (exact) mass is 812 g/mol. The third-order valence-corrected chi connectivity index (χ3v) is 12.5. The van der Waals surface area contributed by atoms with Crippen molar-refractivity contribution < 1.29 is 77.7 Å². The first kappa shape index (κ1) is 42.3. The number of rotatable bonds is 9. The summed E-state index contributed by atoms with van der Waals surface area (Å²) in [5.41, 5.74) is -2.47. The molecule has 5 aliphatic rings. The molecule has 5 N–H and O–H groups in total. The van der Waals surface area contributed by atoms with Gasteiger partial charge in [-0.3, -0.25) is 19.2 Å². The Bertz CT molecular complexity index is 1940. The molecule has 58 heavy (non-hydrogen) atoms. The molecule has 7 rings (SSSR count). The molecule has 3 aliphatic heterocycles. The van der Waals surface area contributed by atoms with Crippen molar-refractivity contribution in [1.29, 1.82) is 0 Å². The highest BCUT2D eigenvalue weighted by atomic mass is 16.7. The molecule has 2 aromatic rings. The average molecular weight is 813 g/mol. The summed E-state index contributed by atoms with van der Waals surface area (Å²) < 4.78 is 42.7. The number of benzene rings is 2. The van der Waals surface area contributed by atoms with Gasteiger partial charge in [0.05, 0.1) is 68.8 Å². The van der Waals surface area contributed by atoms with Crippen LogP contribution in [-0.2, 0) is 42.7 Å². The number of aliphatic hydroxyl groups excluding tert-OH is 1. The number of fused-ring (bicyclic) bond motifs is 3. The Morgan fingerprint density at radius 2 is 1.57 bits per heavy atom. The van der Waals surface area contributed by atoms with Crippen molar-refractivity contribution >= 4 is 23.3 Å². The number of aromatic hydroxyl groups is 2. The van der Waals surface area contributed by atoms with Crippen molar-refractivity contribution in [3.63, 3.8) is 0 Å². The van der Waals surface area contributed by atoms with Gasteiger partial charge in [0, 0.05) is 42.4 Å². The maximum absolute atomic E-state index is 13.9. The van der Waals surface area contributed by atoms with E-state index in [0.717, 1.165) is 4.90 Å². The second kappa shape index (κ2) is 16.3. The number of aliphatic hydroxyl groups is 2. The molecule has 316 valence electrons. The first-order chi connectivity index (χ1) is 27.5. The van der Waals surface area contributed by atoms with Gasteiger partial charge in [-0.05, 0) is 44.9 Å². The largest absolute Gasteiger partial charge is 0.507 e. The normalized spacial score (nSPS) is 36.3. The minimum Gasteiger partial charge on any atom is -0.507 e. The van der Waals surface area contributed by atoms with Crippen LogP contribution in [0.4, 0.5) is 0 Å². The molecular formula is C42H54NO15+. The predicted molar refractivity (Wildman–Crippen MR) is 200 cm³/mol. The zero-order chi connectivity index (χ0) is 42.0. The van der Waals surface area contributed by atoms with Crippen molar-refractivity contribution in [3.05, 3.63) is 57.6 Å². The zero-order valence-electron chi connectivity index (χ0n) is 33.8. The molecule has 3 saturated heterocycles. The van der Waals surface area contributed by atoms with Crippen molar-refractivity contribution in [2.24, 2.45) is 0 Å². The van der Waals surface area contributed by atoms with Crippen LogP contribution < -0.4 is 4.90 Å². The highest BCUT2D eigenvalue weighted by Gasteiger charge is 2.54. The number of Topliss-reactive ketones (excluding diaryl/α,β-unsaturated/α-hetero) is 1. The van der Waals surface area contributed by atoms with Gasteiger partial charge in [-0.25, -0.2) is 0 Å². The van der Waals surface area contributed by atoms with Crippen LogP contribution in [0.1, 0.15) is 121 Å². The predicted octanol–water partition coefficient (Wildman–Crippen LogP) is 1.74. The summed E-state index contributed by atoms with van der Waals surface area (Å²) in [5, 5.41) is 45.9.